The van der Waals surface area contributed by atoms with E-state index < -0.39 is 0 Å². The second kappa shape index (κ2) is 6.58. The maximum atomic E-state index is 10.8. The summed E-state index contributed by atoms with van der Waals surface area (Å²) in [7, 11) is 0. The Hall–Kier alpha value is -1.31. The number of rotatable bonds is 6. The number of carbonyl (C=O) groups is 1. The Morgan fingerprint density at radius 3 is 2.06 bits per heavy atom. The molecule has 0 aliphatic carbocycles. The lowest BCUT2D eigenvalue weighted by molar-refractivity contribution is 0.112. The second-order valence-corrected chi connectivity index (χ2v) is 5.86. The predicted octanol–water partition coefficient (Wildman–Crippen LogP) is 3.93. The van der Waals surface area contributed by atoms with Gasteiger partial charge in [-0.2, -0.15) is 0 Å². The lowest BCUT2D eigenvalue weighted by atomic mass is 10.1. The van der Waals surface area contributed by atoms with Gasteiger partial charge in [0.2, 0.25) is 0 Å². The molecule has 0 saturated carbocycles. The summed E-state index contributed by atoms with van der Waals surface area (Å²) >= 11 is 0. The molecule has 0 saturated heterocycles. The van der Waals surface area contributed by atoms with E-state index >= 15 is 0 Å². The SMILES string of the molecule is Cc1cc(C=O)ccc1N(CC(C)C)CC(C)C. The minimum atomic E-state index is 0.633. The molecule has 0 radical (unpaired) electrons. The van der Waals surface area contributed by atoms with Crippen LogP contribution in [-0.4, -0.2) is 19.4 Å². The Balaban J connectivity index is 3.00. The van der Waals surface area contributed by atoms with Crippen molar-refractivity contribution < 1.29 is 4.79 Å². The van der Waals surface area contributed by atoms with Crippen LogP contribution in [0.1, 0.15) is 43.6 Å². The van der Waals surface area contributed by atoms with Gasteiger partial charge in [-0.05, 0) is 42.5 Å². The number of hydrogen-bond acceptors (Lipinski definition) is 2. The van der Waals surface area contributed by atoms with Crippen molar-refractivity contribution in [2.45, 2.75) is 34.6 Å². The highest BCUT2D eigenvalue weighted by molar-refractivity contribution is 5.77. The van der Waals surface area contributed by atoms with E-state index in [-0.39, 0.29) is 0 Å². The molecule has 2 heteroatoms. The molecule has 0 aliphatic heterocycles. The standard InChI is InChI=1S/C16H25NO/c1-12(2)9-17(10-13(3)4)16-7-6-15(11-18)8-14(16)5/h6-8,11-13H,9-10H2,1-5H3. The van der Waals surface area contributed by atoms with E-state index in [2.05, 4.69) is 45.6 Å². The molecule has 0 aromatic heterocycles. The maximum Gasteiger partial charge on any atom is 0.150 e. The summed E-state index contributed by atoms with van der Waals surface area (Å²) in [5.74, 6) is 1.27. The van der Waals surface area contributed by atoms with Crippen molar-refractivity contribution in [1.82, 2.24) is 0 Å². The Kier molecular flexibility index (Phi) is 5.39. The van der Waals surface area contributed by atoms with E-state index in [9.17, 15) is 4.79 Å². The molecule has 0 fully saturated rings. The van der Waals surface area contributed by atoms with Crippen molar-refractivity contribution in [3.8, 4) is 0 Å². The molecule has 0 heterocycles. The first-order chi connectivity index (χ1) is 8.43. The van der Waals surface area contributed by atoms with Crippen LogP contribution in [0, 0.1) is 18.8 Å². The van der Waals surface area contributed by atoms with Crippen LogP contribution in [-0.2, 0) is 0 Å². The van der Waals surface area contributed by atoms with Gasteiger partial charge in [0.1, 0.15) is 6.29 Å². The van der Waals surface area contributed by atoms with Crippen molar-refractivity contribution in [2.24, 2.45) is 11.8 Å². The third-order valence-electron chi connectivity index (χ3n) is 2.87. The fraction of sp³-hybridized carbons (Fsp3) is 0.562. The van der Waals surface area contributed by atoms with Crippen LogP contribution in [0.15, 0.2) is 18.2 Å². The molecule has 0 atom stereocenters. The van der Waals surface area contributed by atoms with Gasteiger partial charge >= 0.3 is 0 Å². The largest absolute Gasteiger partial charge is 0.371 e. The predicted molar refractivity (Wildman–Crippen MR) is 78.5 cm³/mol. The summed E-state index contributed by atoms with van der Waals surface area (Å²) in [5, 5.41) is 0. The molecule has 1 rings (SSSR count). The number of hydrogen-bond donors (Lipinski definition) is 0. The molecular weight excluding hydrogens is 222 g/mol. The zero-order chi connectivity index (χ0) is 13.7. The minimum absolute atomic E-state index is 0.633. The first-order valence-electron chi connectivity index (χ1n) is 6.74. The first kappa shape index (κ1) is 14.7. The van der Waals surface area contributed by atoms with Crippen molar-refractivity contribution in [2.75, 3.05) is 18.0 Å². The molecule has 1 aromatic carbocycles. The fourth-order valence-corrected chi connectivity index (χ4v) is 2.26. The van der Waals surface area contributed by atoms with Crippen LogP contribution in [0.4, 0.5) is 5.69 Å². The molecule has 18 heavy (non-hydrogen) atoms. The summed E-state index contributed by atoms with van der Waals surface area (Å²) in [6.07, 6.45) is 0.909. The Bertz CT molecular complexity index is 386. The highest BCUT2D eigenvalue weighted by Gasteiger charge is 2.12. The van der Waals surface area contributed by atoms with Crippen LogP contribution in [0.25, 0.3) is 0 Å². The number of nitrogens with zero attached hydrogens (tertiary/aromatic N) is 1. The van der Waals surface area contributed by atoms with E-state index in [4.69, 9.17) is 0 Å². The van der Waals surface area contributed by atoms with Crippen LogP contribution < -0.4 is 4.90 Å². The zero-order valence-corrected chi connectivity index (χ0v) is 12.2. The average Bonchev–Trinajstić information content (AvgIpc) is 2.26. The van der Waals surface area contributed by atoms with Crippen molar-refractivity contribution in [3.63, 3.8) is 0 Å². The molecular formula is C16H25NO. The molecule has 0 amide bonds. The number of aryl methyl sites for hydroxylation is 1. The van der Waals surface area contributed by atoms with Gasteiger partial charge in [-0.1, -0.05) is 27.7 Å². The molecule has 0 spiro atoms. The van der Waals surface area contributed by atoms with Gasteiger partial charge in [-0.3, -0.25) is 4.79 Å². The monoisotopic (exact) mass is 247 g/mol. The quantitative estimate of drug-likeness (QED) is 0.710. The second-order valence-electron chi connectivity index (χ2n) is 5.86. The lowest BCUT2D eigenvalue weighted by Crippen LogP contribution is -2.31. The average molecular weight is 247 g/mol. The van der Waals surface area contributed by atoms with Crippen molar-refractivity contribution in [1.29, 1.82) is 0 Å². The van der Waals surface area contributed by atoms with Gasteiger partial charge in [-0.25, -0.2) is 0 Å². The van der Waals surface area contributed by atoms with Crippen LogP contribution in [0.2, 0.25) is 0 Å². The minimum Gasteiger partial charge on any atom is -0.371 e. The van der Waals surface area contributed by atoms with Gasteiger partial charge in [0.25, 0.3) is 0 Å². The summed E-state index contributed by atoms with van der Waals surface area (Å²) in [5.41, 5.74) is 3.19. The van der Waals surface area contributed by atoms with Gasteiger partial charge in [-0.15, -0.1) is 0 Å². The van der Waals surface area contributed by atoms with E-state index in [1.807, 2.05) is 12.1 Å². The Labute approximate surface area is 111 Å². The molecule has 0 unspecified atom stereocenters. The first-order valence-corrected chi connectivity index (χ1v) is 6.74. The molecule has 100 valence electrons. The maximum absolute atomic E-state index is 10.8. The molecule has 0 N–H and O–H groups in total. The van der Waals surface area contributed by atoms with E-state index in [0.717, 1.165) is 24.9 Å². The smallest absolute Gasteiger partial charge is 0.150 e. The Morgan fingerprint density at radius 1 is 1.11 bits per heavy atom. The third kappa shape index (κ3) is 4.17. The number of aldehydes is 1. The van der Waals surface area contributed by atoms with Gasteiger partial charge in [0, 0.05) is 24.3 Å². The van der Waals surface area contributed by atoms with Gasteiger partial charge < -0.3 is 4.90 Å². The number of carbonyl (C=O) groups excluding carboxylic acids is 1. The summed E-state index contributed by atoms with van der Waals surface area (Å²) in [6, 6.07) is 5.95. The molecule has 0 bridgehead atoms. The highest BCUT2D eigenvalue weighted by Crippen LogP contribution is 2.23. The van der Waals surface area contributed by atoms with Crippen molar-refractivity contribution >= 4 is 12.0 Å². The van der Waals surface area contributed by atoms with Crippen LogP contribution in [0.5, 0.6) is 0 Å². The number of anilines is 1. The van der Waals surface area contributed by atoms with Gasteiger partial charge in [0.05, 0.1) is 0 Å². The van der Waals surface area contributed by atoms with Gasteiger partial charge in [0.15, 0.2) is 0 Å². The summed E-state index contributed by atoms with van der Waals surface area (Å²) in [4.78, 5) is 13.2. The van der Waals surface area contributed by atoms with E-state index in [1.165, 1.54) is 11.3 Å². The lowest BCUT2D eigenvalue weighted by Gasteiger charge is -2.30. The zero-order valence-electron chi connectivity index (χ0n) is 12.2. The van der Waals surface area contributed by atoms with E-state index in [1.54, 1.807) is 0 Å². The third-order valence-corrected chi connectivity index (χ3v) is 2.87. The number of benzene rings is 1. The fourth-order valence-electron chi connectivity index (χ4n) is 2.26. The topological polar surface area (TPSA) is 20.3 Å². The van der Waals surface area contributed by atoms with Crippen LogP contribution in [0.3, 0.4) is 0 Å². The molecule has 2 nitrogen and oxygen atoms in total. The summed E-state index contributed by atoms with van der Waals surface area (Å²) in [6.45, 7) is 13.1. The van der Waals surface area contributed by atoms with E-state index in [0.29, 0.717) is 11.8 Å². The normalized spacial score (nSPS) is 11.1. The summed E-state index contributed by atoms with van der Waals surface area (Å²) < 4.78 is 0. The molecule has 0 aliphatic rings. The van der Waals surface area contributed by atoms with Crippen molar-refractivity contribution in [3.05, 3.63) is 29.3 Å². The highest BCUT2D eigenvalue weighted by atomic mass is 16.1. The van der Waals surface area contributed by atoms with Crippen LogP contribution >= 0.6 is 0 Å². The molecule has 1 aromatic rings. The Morgan fingerprint density at radius 2 is 1.67 bits per heavy atom.